The number of para-hydroxylation sites is 1. The van der Waals surface area contributed by atoms with Crippen LogP contribution in [0.15, 0.2) is 66.7 Å². The second-order valence-corrected chi connectivity index (χ2v) is 7.90. The summed E-state index contributed by atoms with van der Waals surface area (Å²) in [4.78, 5) is 41.1. The molecule has 9 nitrogen and oxygen atoms in total. The van der Waals surface area contributed by atoms with Gasteiger partial charge in [-0.2, -0.15) is 0 Å². The minimum Gasteiger partial charge on any atom is -0.497 e. The van der Waals surface area contributed by atoms with Crippen molar-refractivity contribution in [3.63, 3.8) is 0 Å². The van der Waals surface area contributed by atoms with E-state index in [1.807, 2.05) is 31.2 Å². The molecule has 0 saturated carbocycles. The number of aryl methyl sites for hydroxylation is 1. The molecule has 1 aromatic heterocycles. The van der Waals surface area contributed by atoms with E-state index in [1.54, 1.807) is 31.4 Å². The van der Waals surface area contributed by atoms with E-state index in [4.69, 9.17) is 19.2 Å². The van der Waals surface area contributed by atoms with Gasteiger partial charge >= 0.3 is 11.7 Å². The van der Waals surface area contributed by atoms with Crippen LogP contribution in [0.25, 0.3) is 22.2 Å². The van der Waals surface area contributed by atoms with Gasteiger partial charge in [0.05, 0.1) is 35.9 Å². The van der Waals surface area contributed by atoms with Crippen molar-refractivity contribution in [2.75, 3.05) is 20.8 Å². The molecular formula is C27H22N2O7. The Hall–Kier alpha value is -4.79. The van der Waals surface area contributed by atoms with Crippen LogP contribution in [-0.2, 0) is 4.74 Å². The number of carbonyl (C=O) groups is 2. The number of fused-ring (bicyclic) bond motifs is 1. The Balaban J connectivity index is 1.64. The number of nitro benzene ring substituents is 1. The Morgan fingerprint density at radius 2 is 1.72 bits per heavy atom. The molecule has 0 atom stereocenters. The first-order chi connectivity index (χ1) is 17.3. The Kier molecular flexibility index (Phi) is 6.91. The Labute approximate surface area is 206 Å². The van der Waals surface area contributed by atoms with E-state index in [-0.39, 0.29) is 22.6 Å². The van der Waals surface area contributed by atoms with E-state index in [0.29, 0.717) is 22.3 Å². The molecule has 0 aliphatic rings. The van der Waals surface area contributed by atoms with E-state index in [2.05, 4.69) is 0 Å². The number of rotatable bonds is 8. The average Bonchev–Trinajstić information content (AvgIpc) is 2.90. The number of ether oxygens (including phenoxy) is 3. The number of nitrogens with zero attached hydrogens (tertiary/aromatic N) is 2. The Morgan fingerprint density at radius 1 is 0.972 bits per heavy atom. The van der Waals surface area contributed by atoms with Gasteiger partial charge < -0.3 is 14.2 Å². The zero-order valence-electron chi connectivity index (χ0n) is 19.8. The molecular weight excluding hydrogens is 464 g/mol. The molecule has 0 bridgehead atoms. The number of esters is 1. The summed E-state index contributed by atoms with van der Waals surface area (Å²) in [5.41, 5.74) is 2.77. The highest BCUT2D eigenvalue weighted by Gasteiger charge is 2.21. The second-order valence-electron chi connectivity index (χ2n) is 7.90. The SMILES string of the molecule is COc1ccc(-c2cc(C(=O)OCC(=O)c3ccc(OC)c([N+](=O)[O-])c3)c3cccc(C)c3n2)cc1. The summed E-state index contributed by atoms with van der Waals surface area (Å²) < 4.78 is 15.5. The average molecular weight is 486 g/mol. The molecule has 0 N–H and O–H groups in total. The van der Waals surface area contributed by atoms with E-state index in [1.165, 1.54) is 19.2 Å². The molecule has 0 radical (unpaired) electrons. The Morgan fingerprint density at radius 3 is 2.39 bits per heavy atom. The molecule has 36 heavy (non-hydrogen) atoms. The summed E-state index contributed by atoms with van der Waals surface area (Å²) in [5, 5.41) is 11.8. The summed E-state index contributed by atoms with van der Waals surface area (Å²) in [6.45, 7) is 1.30. The molecule has 1 heterocycles. The molecule has 0 aliphatic heterocycles. The maximum Gasteiger partial charge on any atom is 0.339 e. The highest BCUT2D eigenvalue weighted by Crippen LogP contribution is 2.29. The maximum absolute atomic E-state index is 13.1. The van der Waals surface area contributed by atoms with Crippen LogP contribution in [0.2, 0.25) is 0 Å². The molecule has 0 saturated heterocycles. The number of benzene rings is 3. The van der Waals surface area contributed by atoms with Crippen LogP contribution in [0, 0.1) is 17.0 Å². The second kappa shape index (κ2) is 10.2. The van der Waals surface area contributed by atoms with Crippen LogP contribution in [0.4, 0.5) is 5.69 Å². The third-order valence-electron chi connectivity index (χ3n) is 5.68. The highest BCUT2D eigenvalue weighted by molar-refractivity contribution is 6.06. The first-order valence-electron chi connectivity index (χ1n) is 10.9. The van der Waals surface area contributed by atoms with Gasteiger partial charge in [0.15, 0.2) is 12.4 Å². The van der Waals surface area contributed by atoms with Gasteiger partial charge in [-0.3, -0.25) is 14.9 Å². The van der Waals surface area contributed by atoms with Crippen LogP contribution in [-0.4, -0.2) is 42.5 Å². The number of hydrogen-bond donors (Lipinski definition) is 0. The molecule has 4 aromatic rings. The summed E-state index contributed by atoms with van der Waals surface area (Å²) in [6.07, 6.45) is 0. The van der Waals surface area contributed by atoms with Crippen LogP contribution in [0.5, 0.6) is 11.5 Å². The number of Topliss-reactive ketones (excluding diaryl/α,β-unsaturated/α-hetero) is 1. The molecule has 0 unspecified atom stereocenters. The normalized spacial score (nSPS) is 10.6. The number of carbonyl (C=O) groups excluding carboxylic acids is 2. The minimum absolute atomic E-state index is 0.0261. The van der Waals surface area contributed by atoms with Crippen molar-refractivity contribution in [1.29, 1.82) is 0 Å². The number of nitro groups is 1. The quantitative estimate of drug-likeness (QED) is 0.145. The fraction of sp³-hybridized carbons (Fsp3) is 0.148. The monoisotopic (exact) mass is 486 g/mol. The molecule has 182 valence electrons. The van der Waals surface area contributed by atoms with Crippen LogP contribution in [0.3, 0.4) is 0 Å². The lowest BCUT2D eigenvalue weighted by Gasteiger charge is -2.12. The van der Waals surface area contributed by atoms with Gasteiger partial charge in [-0.1, -0.05) is 18.2 Å². The zero-order chi connectivity index (χ0) is 25.8. The van der Waals surface area contributed by atoms with Crippen molar-refractivity contribution in [2.45, 2.75) is 6.92 Å². The summed E-state index contributed by atoms with van der Waals surface area (Å²) >= 11 is 0. The topological polar surface area (TPSA) is 118 Å². The van der Waals surface area contributed by atoms with Gasteiger partial charge in [0.2, 0.25) is 5.78 Å². The van der Waals surface area contributed by atoms with Crippen molar-refractivity contribution >= 4 is 28.3 Å². The fourth-order valence-corrected chi connectivity index (χ4v) is 3.77. The predicted octanol–water partition coefficient (Wildman–Crippen LogP) is 5.18. The fourth-order valence-electron chi connectivity index (χ4n) is 3.77. The van der Waals surface area contributed by atoms with E-state index >= 15 is 0 Å². The number of methoxy groups -OCH3 is 2. The van der Waals surface area contributed by atoms with Crippen LogP contribution in [0.1, 0.15) is 26.3 Å². The van der Waals surface area contributed by atoms with Gasteiger partial charge in [0.1, 0.15) is 5.75 Å². The lowest BCUT2D eigenvalue weighted by atomic mass is 10.0. The predicted molar refractivity (Wildman–Crippen MR) is 133 cm³/mol. The summed E-state index contributed by atoms with van der Waals surface area (Å²) in [7, 11) is 2.87. The molecule has 0 spiro atoms. The lowest BCUT2D eigenvalue weighted by Crippen LogP contribution is -2.15. The van der Waals surface area contributed by atoms with E-state index in [9.17, 15) is 19.7 Å². The molecule has 9 heteroatoms. The lowest BCUT2D eigenvalue weighted by molar-refractivity contribution is -0.385. The molecule has 0 amide bonds. The largest absolute Gasteiger partial charge is 0.497 e. The molecule has 0 aliphatic carbocycles. The first kappa shape index (κ1) is 24.3. The van der Waals surface area contributed by atoms with E-state index in [0.717, 1.165) is 17.2 Å². The van der Waals surface area contributed by atoms with Crippen molar-refractivity contribution in [3.05, 3.63) is 93.5 Å². The van der Waals surface area contributed by atoms with Crippen molar-refractivity contribution in [2.24, 2.45) is 0 Å². The molecule has 4 rings (SSSR count). The van der Waals surface area contributed by atoms with Crippen LogP contribution < -0.4 is 9.47 Å². The van der Waals surface area contributed by atoms with Crippen molar-refractivity contribution in [1.82, 2.24) is 4.98 Å². The maximum atomic E-state index is 13.1. The van der Waals surface area contributed by atoms with Gasteiger partial charge in [-0.25, -0.2) is 9.78 Å². The van der Waals surface area contributed by atoms with Gasteiger partial charge in [0, 0.05) is 22.6 Å². The zero-order valence-corrected chi connectivity index (χ0v) is 19.8. The van der Waals surface area contributed by atoms with Crippen LogP contribution >= 0.6 is 0 Å². The third kappa shape index (κ3) is 4.85. The van der Waals surface area contributed by atoms with Gasteiger partial charge in [-0.15, -0.1) is 0 Å². The smallest absolute Gasteiger partial charge is 0.339 e. The van der Waals surface area contributed by atoms with Crippen molar-refractivity contribution < 1.29 is 28.7 Å². The van der Waals surface area contributed by atoms with E-state index < -0.39 is 23.3 Å². The number of pyridine rings is 1. The van der Waals surface area contributed by atoms with Gasteiger partial charge in [-0.05, 0) is 55.0 Å². The highest BCUT2D eigenvalue weighted by atomic mass is 16.6. The van der Waals surface area contributed by atoms with Gasteiger partial charge in [0.25, 0.3) is 0 Å². The number of hydrogen-bond acceptors (Lipinski definition) is 8. The minimum atomic E-state index is -0.709. The molecule has 3 aromatic carbocycles. The van der Waals surface area contributed by atoms with Crippen molar-refractivity contribution in [3.8, 4) is 22.8 Å². The number of ketones is 1. The standard InChI is InChI=1S/C27H22N2O7/c1-16-5-4-6-20-21(14-22(28-26(16)20)17-7-10-19(34-2)11-8-17)27(31)36-15-24(30)18-9-12-25(35-3)23(13-18)29(32)33/h4-14H,15H2,1-3H3. The summed E-state index contributed by atoms with van der Waals surface area (Å²) in [6, 6.07) is 18.2. The number of aromatic nitrogens is 1. The molecule has 0 fully saturated rings. The third-order valence-corrected chi connectivity index (χ3v) is 5.68. The Bertz CT molecular complexity index is 1480. The first-order valence-corrected chi connectivity index (χ1v) is 10.9. The summed E-state index contributed by atoms with van der Waals surface area (Å²) in [5.74, 6) is -0.580.